The van der Waals surface area contributed by atoms with Crippen LogP contribution in [0.4, 0.5) is 0 Å². The highest BCUT2D eigenvalue weighted by atomic mass is 33.1. The fourth-order valence-corrected chi connectivity index (χ4v) is 2.94. The lowest BCUT2D eigenvalue weighted by molar-refractivity contribution is -0.139. The Hall–Kier alpha value is -0.440. The molecule has 0 bridgehead atoms. The van der Waals surface area contributed by atoms with E-state index < -0.39 is 24.0 Å². The Balaban J connectivity index is 3.34. The van der Waals surface area contributed by atoms with Crippen molar-refractivity contribution in [3.05, 3.63) is 0 Å². The second kappa shape index (κ2) is 8.68. The minimum absolute atomic E-state index is 0.401. The van der Waals surface area contributed by atoms with Gasteiger partial charge in [-0.3, -0.25) is 9.59 Å². The second-order valence-electron chi connectivity index (χ2n) is 3.11. The standard InChI is InChI=1S/C8H16N2O4S2/c9-5(7(11)12)1-3-15-16-4-2-6(10)8(13)14/h5-6H,1-4,9-10H2,(H,11,12)(H,13,14)/t5-,6?/m0/s1. The van der Waals surface area contributed by atoms with E-state index in [1.807, 2.05) is 0 Å². The van der Waals surface area contributed by atoms with Gasteiger partial charge in [-0.05, 0) is 12.8 Å². The summed E-state index contributed by atoms with van der Waals surface area (Å²) in [6.45, 7) is 0. The van der Waals surface area contributed by atoms with Crippen LogP contribution in [0, 0.1) is 0 Å². The quantitative estimate of drug-likeness (QED) is 0.339. The van der Waals surface area contributed by atoms with E-state index >= 15 is 0 Å². The Morgan fingerprint density at radius 3 is 1.50 bits per heavy atom. The Kier molecular flexibility index (Phi) is 8.44. The van der Waals surface area contributed by atoms with Gasteiger partial charge in [-0.2, -0.15) is 0 Å². The lowest BCUT2D eigenvalue weighted by Crippen LogP contribution is -2.30. The van der Waals surface area contributed by atoms with E-state index in [1.165, 1.54) is 21.6 Å². The summed E-state index contributed by atoms with van der Waals surface area (Å²) < 4.78 is 0. The lowest BCUT2D eigenvalue weighted by atomic mass is 10.2. The normalized spacial score (nSPS) is 14.4. The third kappa shape index (κ3) is 7.80. The minimum atomic E-state index is -1.00. The topological polar surface area (TPSA) is 127 Å². The van der Waals surface area contributed by atoms with Crippen molar-refractivity contribution in [3.63, 3.8) is 0 Å². The summed E-state index contributed by atoms with van der Waals surface area (Å²) >= 11 is 0. The summed E-state index contributed by atoms with van der Waals surface area (Å²) in [7, 11) is 2.96. The van der Waals surface area contributed by atoms with E-state index in [1.54, 1.807) is 0 Å². The number of carboxylic acids is 2. The van der Waals surface area contributed by atoms with E-state index in [0.717, 1.165) is 0 Å². The number of carboxylic acid groups (broad SMARTS) is 2. The minimum Gasteiger partial charge on any atom is -0.480 e. The molecule has 0 fully saturated rings. The Labute approximate surface area is 102 Å². The Morgan fingerprint density at radius 1 is 0.938 bits per heavy atom. The number of nitrogens with two attached hydrogens (primary N) is 2. The number of hydrogen-bond acceptors (Lipinski definition) is 6. The van der Waals surface area contributed by atoms with Gasteiger partial charge < -0.3 is 21.7 Å². The second-order valence-corrected chi connectivity index (χ2v) is 5.81. The predicted octanol–water partition coefficient (Wildman–Crippen LogP) is -0.0282. The molecule has 0 aromatic rings. The SMILES string of the molecule is NC(CCSSCC[C@H](N)C(=O)O)C(=O)O. The number of hydrogen-bond donors (Lipinski definition) is 4. The summed E-state index contributed by atoms with van der Waals surface area (Å²) in [6.07, 6.45) is 0.802. The molecule has 0 radical (unpaired) electrons. The first-order valence-electron chi connectivity index (χ1n) is 4.66. The monoisotopic (exact) mass is 268 g/mol. The van der Waals surface area contributed by atoms with E-state index in [4.69, 9.17) is 21.7 Å². The van der Waals surface area contributed by atoms with Gasteiger partial charge in [-0.25, -0.2) is 0 Å². The van der Waals surface area contributed by atoms with Gasteiger partial charge in [0.2, 0.25) is 0 Å². The smallest absolute Gasteiger partial charge is 0.320 e. The molecule has 8 heteroatoms. The third-order valence-corrected chi connectivity index (χ3v) is 4.21. The highest BCUT2D eigenvalue weighted by Gasteiger charge is 2.12. The number of rotatable bonds is 9. The molecule has 0 saturated heterocycles. The molecule has 2 atom stereocenters. The fraction of sp³-hybridized carbons (Fsp3) is 0.750. The molecule has 6 N–H and O–H groups in total. The van der Waals surface area contributed by atoms with E-state index in [-0.39, 0.29) is 0 Å². The average molecular weight is 268 g/mol. The molecule has 0 saturated carbocycles. The van der Waals surface area contributed by atoms with Crippen LogP contribution in [-0.2, 0) is 9.59 Å². The molecule has 0 aromatic carbocycles. The van der Waals surface area contributed by atoms with Gasteiger partial charge in [-0.15, -0.1) is 0 Å². The van der Waals surface area contributed by atoms with Crippen molar-refractivity contribution < 1.29 is 19.8 Å². The van der Waals surface area contributed by atoms with Crippen molar-refractivity contribution in [1.29, 1.82) is 0 Å². The summed E-state index contributed by atoms with van der Waals surface area (Å²) in [5.41, 5.74) is 10.6. The maximum Gasteiger partial charge on any atom is 0.320 e. The molecule has 6 nitrogen and oxygen atoms in total. The maximum absolute atomic E-state index is 10.4. The van der Waals surface area contributed by atoms with Gasteiger partial charge in [0.05, 0.1) is 0 Å². The zero-order chi connectivity index (χ0) is 12.6. The molecule has 0 spiro atoms. The van der Waals surface area contributed by atoms with Crippen LogP contribution >= 0.6 is 21.6 Å². The number of carbonyl (C=O) groups is 2. The number of aliphatic carboxylic acids is 2. The molecular formula is C8H16N2O4S2. The van der Waals surface area contributed by atoms with Crippen molar-refractivity contribution in [1.82, 2.24) is 0 Å². The first-order chi connectivity index (χ1) is 7.45. The van der Waals surface area contributed by atoms with Gasteiger partial charge in [0.25, 0.3) is 0 Å². The van der Waals surface area contributed by atoms with Crippen LogP contribution in [-0.4, -0.2) is 45.7 Å². The molecule has 0 aliphatic carbocycles. The zero-order valence-electron chi connectivity index (χ0n) is 8.67. The largest absolute Gasteiger partial charge is 0.480 e. The lowest BCUT2D eigenvalue weighted by Gasteiger charge is -2.06. The summed E-state index contributed by atoms with van der Waals surface area (Å²) in [5, 5.41) is 17.0. The van der Waals surface area contributed by atoms with Gasteiger partial charge in [0.15, 0.2) is 0 Å². The molecular weight excluding hydrogens is 252 g/mol. The van der Waals surface area contributed by atoms with Crippen molar-refractivity contribution in [2.24, 2.45) is 11.5 Å². The molecule has 16 heavy (non-hydrogen) atoms. The highest BCUT2D eigenvalue weighted by Crippen LogP contribution is 2.23. The molecule has 1 unspecified atom stereocenters. The molecule has 0 aromatic heterocycles. The van der Waals surface area contributed by atoms with Crippen LogP contribution in [0.5, 0.6) is 0 Å². The van der Waals surface area contributed by atoms with Crippen LogP contribution in [0.2, 0.25) is 0 Å². The molecule has 0 heterocycles. The van der Waals surface area contributed by atoms with Gasteiger partial charge >= 0.3 is 11.9 Å². The van der Waals surface area contributed by atoms with Crippen molar-refractivity contribution >= 4 is 33.5 Å². The van der Waals surface area contributed by atoms with E-state index in [9.17, 15) is 9.59 Å². The first-order valence-corrected chi connectivity index (χ1v) is 7.15. The molecule has 0 rings (SSSR count). The summed E-state index contributed by atoms with van der Waals surface area (Å²) in [6, 6.07) is -1.65. The maximum atomic E-state index is 10.4. The molecule has 0 aliphatic heterocycles. The van der Waals surface area contributed by atoms with Gasteiger partial charge in [0, 0.05) is 11.5 Å². The average Bonchev–Trinajstić information content (AvgIpc) is 2.21. The van der Waals surface area contributed by atoms with Crippen molar-refractivity contribution in [3.8, 4) is 0 Å². The Bertz CT molecular complexity index is 216. The predicted molar refractivity (Wildman–Crippen MR) is 65.4 cm³/mol. The molecule has 0 amide bonds. The van der Waals surface area contributed by atoms with Crippen LogP contribution < -0.4 is 11.5 Å². The van der Waals surface area contributed by atoms with Gasteiger partial charge in [-0.1, -0.05) is 21.6 Å². The van der Waals surface area contributed by atoms with Crippen LogP contribution in [0.3, 0.4) is 0 Å². The molecule has 94 valence electrons. The van der Waals surface area contributed by atoms with Crippen LogP contribution in [0.15, 0.2) is 0 Å². The highest BCUT2D eigenvalue weighted by molar-refractivity contribution is 8.76. The summed E-state index contributed by atoms with van der Waals surface area (Å²) in [4.78, 5) is 20.7. The first kappa shape index (κ1) is 15.6. The Morgan fingerprint density at radius 2 is 1.25 bits per heavy atom. The van der Waals surface area contributed by atoms with E-state index in [2.05, 4.69) is 0 Å². The summed E-state index contributed by atoms with van der Waals surface area (Å²) in [5.74, 6) is -0.752. The van der Waals surface area contributed by atoms with Crippen molar-refractivity contribution in [2.45, 2.75) is 24.9 Å². The van der Waals surface area contributed by atoms with Gasteiger partial charge in [0.1, 0.15) is 12.1 Å². The van der Waals surface area contributed by atoms with Crippen LogP contribution in [0.1, 0.15) is 12.8 Å². The van der Waals surface area contributed by atoms with Crippen LogP contribution in [0.25, 0.3) is 0 Å². The van der Waals surface area contributed by atoms with E-state index in [0.29, 0.717) is 24.3 Å². The third-order valence-electron chi connectivity index (χ3n) is 1.74. The fourth-order valence-electron chi connectivity index (χ4n) is 0.715. The van der Waals surface area contributed by atoms with Crippen molar-refractivity contribution in [2.75, 3.05) is 11.5 Å². The zero-order valence-corrected chi connectivity index (χ0v) is 10.3. The molecule has 0 aliphatic rings.